The van der Waals surface area contributed by atoms with Gasteiger partial charge in [0, 0.05) is 43.3 Å². The molecule has 4 aromatic rings. The number of fused-ring (bicyclic) bond motifs is 1. The van der Waals surface area contributed by atoms with Crippen molar-refractivity contribution in [2.24, 2.45) is 5.92 Å². The number of amides is 1. The number of benzene rings is 1. The summed E-state index contributed by atoms with van der Waals surface area (Å²) in [5.41, 5.74) is 10.6. The lowest BCUT2D eigenvalue weighted by molar-refractivity contribution is 0.0947. The molecule has 0 atom stereocenters. The molecule has 9 nitrogen and oxygen atoms in total. The van der Waals surface area contributed by atoms with E-state index in [-0.39, 0.29) is 17.7 Å². The molecule has 0 unspecified atom stereocenters. The maximum atomic E-state index is 13.2. The first-order valence-corrected chi connectivity index (χ1v) is 11.8. The van der Waals surface area contributed by atoms with Crippen LogP contribution in [-0.4, -0.2) is 45.7 Å². The van der Waals surface area contributed by atoms with Gasteiger partial charge in [-0.2, -0.15) is 4.98 Å². The Morgan fingerprint density at radius 3 is 2.77 bits per heavy atom. The van der Waals surface area contributed by atoms with Crippen molar-refractivity contribution in [3.63, 3.8) is 0 Å². The minimum atomic E-state index is -0.244. The molecule has 3 aromatic heterocycles. The van der Waals surface area contributed by atoms with Crippen LogP contribution in [0.5, 0.6) is 5.88 Å². The molecule has 1 aliphatic heterocycles. The molecule has 0 bridgehead atoms. The van der Waals surface area contributed by atoms with Crippen molar-refractivity contribution in [3.05, 3.63) is 66.0 Å². The number of aromatic nitrogens is 4. The molecule has 1 fully saturated rings. The summed E-state index contributed by atoms with van der Waals surface area (Å²) in [6, 6.07) is 13.8. The quantitative estimate of drug-likeness (QED) is 0.442. The highest BCUT2D eigenvalue weighted by Crippen LogP contribution is 2.28. The first-order valence-electron chi connectivity index (χ1n) is 11.8. The number of nitrogens with zero attached hydrogens (tertiary/aromatic N) is 5. The molecule has 35 heavy (non-hydrogen) atoms. The fourth-order valence-corrected chi connectivity index (χ4v) is 4.50. The van der Waals surface area contributed by atoms with E-state index in [1.807, 2.05) is 18.2 Å². The number of carbonyl (C=O) groups excluding carboxylic acids is 1. The predicted octanol–water partition coefficient (Wildman–Crippen LogP) is 3.55. The fourth-order valence-electron chi connectivity index (χ4n) is 4.50. The van der Waals surface area contributed by atoms with E-state index in [1.165, 1.54) is 25.6 Å². The first kappa shape index (κ1) is 22.6. The number of para-hydroxylation sites is 1. The van der Waals surface area contributed by atoms with E-state index in [2.05, 4.69) is 50.4 Å². The van der Waals surface area contributed by atoms with Crippen molar-refractivity contribution in [1.29, 1.82) is 0 Å². The molecule has 4 heterocycles. The molecule has 1 aromatic carbocycles. The molecular weight excluding hydrogens is 442 g/mol. The highest BCUT2D eigenvalue weighted by molar-refractivity contribution is 5.97. The second-order valence-electron chi connectivity index (χ2n) is 8.95. The van der Waals surface area contributed by atoms with Gasteiger partial charge in [-0.25, -0.2) is 9.50 Å². The largest absolute Gasteiger partial charge is 0.480 e. The number of pyridine rings is 2. The molecule has 180 valence electrons. The second-order valence-corrected chi connectivity index (χ2v) is 8.95. The lowest BCUT2D eigenvalue weighted by Gasteiger charge is -2.33. The molecule has 1 amide bonds. The van der Waals surface area contributed by atoms with Crippen LogP contribution in [0.4, 0.5) is 11.6 Å². The number of carbonyl (C=O) groups is 1. The first-order chi connectivity index (χ1) is 17.0. The number of nitrogen functional groups attached to an aromatic ring is 1. The van der Waals surface area contributed by atoms with E-state index in [4.69, 9.17) is 10.5 Å². The standard InChI is InChI=1S/C26H29N7O2/c1-17-7-10-32(11-8-17)22-6-4-3-5-19(22)15-28-24(34)21-13-20(16-29-25(21)35-2)18-9-12-33-23(14-18)30-26(27)31-33/h3-6,9,12-14,16-17H,7-8,10-11,15H2,1-2H3,(H2,27,31)(H,28,34). The number of nitrogens with one attached hydrogen (secondary N) is 1. The maximum Gasteiger partial charge on any atom is 0.257 e. The summed E-state index contributed by atoms with van der Waals surface area (Å²) in [4.78, 5) is 24.2. The van der Waals surface area contributed by atoms with E-state index >= 15 is 0 Å². The van der Waals surface area contributed by atoms with Gasteiger partial charge in [0.25, 0.3) is 5.91 Å². The minimum Gasteiger partial charge on any atom is -0.480 e. The molecule has 0 radical (unpaired) electrons. The van der Waals surface area contributed by atoms with Gasteiger partial charge in [0.05, 0.1) is 7.11 Å². The zero-order valence-corrected chi connectivity index (χ0v) is 19.9. The molecule has 0 spiro atoms. The lowest BCUT2D eigenvalue weighted by Crippen LogP contribution is -2.34. The molecule has 3 N–H and O–H groups in total. The Hall–Kier alpha value is -4.14. The third kappa shape index (κ3) is 4.75. The van der Waals surface area contributed by atoms with E-state index in [0.29, 0.717) is 17.8 Å². The Balaban J connectivity index is 1.37. The van der Waals surface area contributed by atoms with Crippen LogP contribution in [-0.2, 0) is 6.54 Å². The third-order valence-electron chi connectivity index (χ3n) is 6.53. The minimum absolute atomic E-state index is 0.203. The van der Waals surface area contributed by atoms with Gasteiger partial charge in [-0.05, 0) is 54.2 Å². The Labute approximate surface area is 203 Å². The van der Waals surface area contributed by atoms with Crippen molar-refractivity contribution in [1.82, 2.24) is 24.9 Å². The van der Waals surface area contributed by atoms with Crippen LogP contribution in [0.2, 0.25) is 0 Å². The fraction of sp³-hybridized carbons (Fsp3) is 0.308. The predicted molar refractivity (Wildman–Crippen MR) is 135 cm³/mol. The lowest BCUT2D eigenvalue weighted by atomic mass is 9.98. The average molecular weight is 472 g/mol. The van der Waals surface area contributed by atoms with Gasteiger partial charge in [0.2, 0.25) is 11.8 Å². The topological polar surface area (TPSA) is 111 Å². The van der Waals surface area contributed by atoms with Crippen molar-refractivity contribution < 1.29 is 9.53 Å². The zero-order chi connectivity index (χ0) is 24.4. The Bertz CT molecular complexity index is 1360. The third-order valence-corrected chi connectivity index (χ3v) is 6.53. The van der Waals surface area contributed by atoms with Crippen LogP contribution in [0.15, 0.2) is 54.9 Å². The number of hydrogen-bond acceptors (Lipinski definition) is 7. The van der Waals surface area contributed by atoms with Crippen LogP contribution >= 0.6 is 0 Å². The monoisotopic (exact) mass is 471 g/mol. The van der Waals surface area contributed by atoms with E-state index in [1.54, 1.807) is 23.0 Å². The van der Waals surface area contributed by atoms with Gasteiger partial charge in [-0.15, -0.1) is 5.10 Å². The molecular formula is C26H29N7O2. The Morgan fingerprint density at radius 2 is 1.97 bits per heavy atom. The van der Waals surface area contributed by atoms with Crippen LogP contribution < -0.4 is 20.7 Å². The van der Waals surface area contributed by atoms with Gasteiger partial charge in [-0.3, -0.25) is 4.79 Å². The highest BCUT2D eigenvalue weighted by Gasteiger charge is 2.20. The van der Waals surface area contributed by atoms with Gasteiger partial charge in [0.15, 0.2) is 5.65 Å². The van der Waals surface area contributed by atoms with E-state index in [0.717, 1.165) is 35.7 Å². The second kappa shape index (κ2) is 9.61. The number of hydrogen-bond donors (Lipinski definition) is 2. The SMILES string of the molecule is COc1ncc(-c2ccn3nc(N)nc3c2)cc1C(=O)NCc1ccccc1N1CCC(C)CC1. The zero-order valence-electron chi connectivity index (χ0n) is 19.9. The van der Waals surface area contributed by atoms with Gasteiger partial charge < -0.3 is 20.7 Å². The number of anilines is 2. The van der Waals surface area contributed by atoms with Crippen molar-refractivity contribution in [2.75, 3.05) is 30.8 Å². The number of methoxy groups -OCH3 is 1. The maximum absolute atomic E-state index is 13.2. The number of ether oxygens (including phenoxy) is 1. The van der Waals surface area contributed by atoms with Crippen LogP contribution in [0.3, 0.4) is 0 Å². The summed E-state index contributed by atoms with van der Waals surface area (Å²) in [7, 11) is 1.51. The molecule has 9 heteroatoms. The number of nitrogens with two attached hydrogens (primary N) is 1. The smallest absolute Gasteiger partial charge is 0.257 e. The molecule has 0 saturated carbocycles. The highest BCUT2D eigenvalue weighted by atomic mass is 16.5. The Morgan fingerprint density at radius 1 is 1.17 bits per heavy atom. The number of rotatable bonds is 6. The van der Waals surface area contributed by atoms with Gasteiger partial charge in [-0.1, -0.05) is 25.1 Å². The van der Waals surface area contributed by atoms with E-state index < -0.39 is 0 Å². The van der Waals surface area contributed by atoms with Crippen LogP contribution in [0, 0.1) is 5.92 Å². The van der Waals surface area contributed by atoms with Gasteiger partial charge in [0.1, 0.15) is 5.56 Å². The summed E-state index contributed by atoms with van der Waals surface area (Å²) < 4.78 is 6.99. The van der Waals surface area contributed by atoms with Crippen molar-refractivity contribution in [2.45, 2.75) is 26.3 Å². The normalized spacial score (nSPS) is 14.3. The van der Waals surface area contributed by atoms with E-state index in [9.17, 15) is 4.79 Å². The number of piperidine rings is 1. The van der Waals surface area contributed by atoms with Crippen molar-refractivity contribution >= 4 is 23.2 Å². The summed E-state index contributed by atoms with van der Waals surface area (Å²) in [5.74, 6) is 0.992. The van der Waals surface area contributed by atoms with Crippen LogP contribution in [0.25, 0.3) is 16.8 Å². The molecule has 1 saturated heterocycles. The van der Waals surface area contributed by atoms with Crippen LogP contribution in [0.1, 0.15) is 35.7 Å². The molecule has 5 rings (SSSR count). The molecule has 1 aliphatic rings. The van der Waals surface area contributed by atoms with Gasteiger partial charge >= 0.3 is 0 Å². The van der Waals surface area contributed by atoms with Crippen molar-refractivity contribution in [3.8, 4) is 17.0 Å². The summed E-state index contributed by atoms with van der Waals surface area (Å²) in [6.07, 6.45) is 5.82. The Kier molecular flexibility index (Phi) is 6.22. The summed E-state index contributed by atoms with van der Waals surface area (Å²) >= 11 is 0. The summed E-state index contributed by atoms with van der Waals surface area (Å²) in [5, 5.41) is 7.16. The molecule has 0 aliphatic carbocycles. The summed E-state index contributed by atoms with van der Waals surface area (Å²) in [6.45, 7) is 4.79. The average Bonchev–Trinajstić information content (AvgIpc) is 3.27.